The topological polar surface area (TPSA) is 29.3 Å². The highest BCUT2D eigenvalue weighted by atomic mass is 15.1. The fourth-order valence-corrected chi connectivity index (χ4v) is 4.11. The quantitative estimate of drug-likeness (QED) is 0.820. The van der Waals surface area contributed by atoms with Crippen LogP contribution >= 0.6 is 0 Å². The minimum absolute atomic E-state index is 0.433. The van der Waals surface area contributed by atoms with Crippen LogP contribution in [0.2, 0.25) is 0 Å². The van der Waals surface area contributed by atoms with E-state index in [0.29, 0.717) is 6.04 Å². The number of rotatable bonds is 5. The third-order valence-electron chi connectivity index (χ3n) is 5.36. The van der Waals surface area contributed by atoms with Gasteiger partial charge >= 0.3 is 0 Å². The molecule has 112 valence electrons. The van der Waals surface area contributed by atoms with Gasteiger partial charge in [0.15, 0.2) is 0 Å². The highest BCUT2D eigenvalue weighted by molar-refractivity contribution is 4.81. The summed E-state index contributed by atoms with van der Waals surface area (Å²) in [5, 5.41) is 0. The van der Waals surface area contributed by atoms with Gasteiger partial charge in [-0.05, 0) is 57.0 Å². The van der Waals surface area contributed by atoms with Gasteiger partial charge in [-0.1, -0.05) is 39.0 Å². The van der Waals surface area contributed by atoms with Gasteiger partial charge in [-0.25, -0.2) is 0 Å². The number of hydrogen-bond donors (Lipinski definition) is 1. The van der Waals surface area contributed by atoms with Gasteiger partial charge in [0, 0.05) is 12.6 Å². The molecule has 0 aromatic rings. The maximum Gasteiger partial charge on any atom is 0.0196 e. The summed E-state index contributed by atoms with van der Waals surface area (Å²) in [6.07, 6.45) is 14.1. The summed E-state index contributed by atoms with van der Waals surface area (Å²) in [6, 6.07) is 0.433. The number of likely N-dealkylation sites (tertiary alicyclic amines) is 1. The molecule has 1 aliphatic carbocycles. The smallest absolute Gasteiger partial charge is 0.0196 e. The molecule has 1 aliphatic heterocycles. The van der Waals surface area contributed by atoms with Crippen LogP contribution in [0.5, 0.6) is 0 Å². The molecule has 0 aromatic carbocycles. The molecule has 19 heavy (non-hydrogen) atoms. The van der Waals surface area contributed by atoms with Gasteiger partial charge < -0.3 is 10.6 Å². The normalized spacial score (nSPS) is 29.1. The summed E-state index contributed by atoms with van der Waals surface area (Å²) in [5.41, 5.74) is 6.48. The SMILES string of the molecule is CCCC1CCCN(CC(N)C2CCCCC2)CC1. The minimum atomic E-state index is 0.433. The maximum absolute atomic E-state index is 6.48. The largest absolute Gasteiger partial charge is 0.326 e. The second kappa shape index (κ2) is 8.26. The Labute approximate surface area is 120 Å². The Balaban J connectivity index is 1.72. The van der Waals surface area contributed by atoms with Crippen molar-refractivity contribution in [3.63, 3.8) is 0 Å². The van der Waals surface area contributed by atoms with Crippen molar-refractivity contribution in [3.05, 3.63) is 0 Å². The molecule has 1 saturated heterocycles. The van der Waals surface area contributed by atoms with E-state index in [1.165, 1.54) is 77.3 Å². The summed E-state index contributed by atoms with van der Waals surface area (Å²) in [7, 11) is 0. The first-order valence-corrected chi connectivity index (χ1v) is 8.77. The molecule has 2 unspecified atom stereocenters. The summed E-state index contributed by atoms with van der Waals surface area (Å²) in [4.78, 5) is 2.66. The molecule has 2 atom stereocenters. The van der Waals surface area contributed by atoms with Gasteiger partial charge in [0.05, 0.1) is 0 Å². The molecular weight excluding hydrogens is 232 g/mol. The average molecular weight is 266 g/mol. The van der Waals surface area contributed by atoms with Gasteiger partial charge in [-0.3, -0.25) is 0 Å². The Hall–Kier alpha value is -0.0800. The van der Waals surface area contributed by atoms with Gasteiger partial charge in [0.1, 0.15) is 0 Å². The van der Waals surface area contributed by atoms with Gasteiger partial charge in [-0.15, -0.1) is 0 Å². The minimum Gasteiger partial charge on any atom is -0.326 e. The van der Waals surface area contributed by atoms with E-state index in [1.807, 2.05) is 0 Å². The molecule has 2 aliphatic rings. The van der Waals surface area contributed by atoms with Crippen LogP contribution in [-0.2, 0) is 0 Å². The number of nitrogens with two attached hydrogens (primary N) is 1. The van der Waals surface area contributed by atoms with Crippen LogP contribution in [0.1, 0.15) is 71.1 Å². The van der Waals surface area contributed by atoms with Gasteiger partial charge in [0.2, 0.25) is 0 Å². The molecule has 2 rings (SSSR count). The molecule has 1 saturated carbocycles. The van der Waals surface area contributed by atoms with Crippen LogP contribution < -0.4 is 5.73 Å². The third kappa shape index (κ3) is 5.07. The lowest BCUT2D eigenvalue weighted by atomic mass is 9.84. The Morgan fingerprint density at radius 3 is 2.53 bits per heavy atom. The number of nitrogens with zero attached hydrogens (tertiary/aromatic N) is 1. The second-order valence-electron chi connectivity index (χ2n) is 6.95. The fourth-order valence-electron chi connectivity index (χ4n) is 4.11. The van der Waals surface area contributed by atoms with Crippen LogP contribution in [0, 0.1) is 11.8 Å². The predicted molar refractivity (Wildman–Crippen MR) is 83.2 cm³/mol. The van der Waals surface area contributed by atoms with E-state index in [9.17, 15) is 0 Å². The first-order chi connectivity index (χ1) is 9.29. The second-order valence-corrected chi connectivity index (χ2v) is 6.95. The monoisotopic (exact) mass is 266 g/mol. The fraction of sp³-hybridized carbons (Fsp3) is 1.00. The Morgan fingerprint density at radius 2 is 1.79 bits per heavy atom. The van der Waals surface area contributed by atoms with E-state index in [1.54, 1.807) is 0 Å². The lowest BCUT2D eigenvalue weighted by Crippen LogP contribution is -2.43. The zero-order valence-corrected chi connectivity index (χ0v) is 12.9. The molecular formula is C17H34N2. The van der Waals surface area contributed by atoms with Crippen molar-refractivity contribution in [1.82, 2.24) is 4.90 Å². The molecule has 2 fully saturated rings. The molecule has 1 heterocycles. The van der Waals surface area contributed by atoms with Crippen LogP contribution in [-0.4, -0.2) is 30.6 Å². The van der Waals surface area contributed by atoms with Crippen LogP contribution in [0.4, 0.5) is 0 Å². The van der Waals surface area contributed by atoms with E-state index in [4.69, 9.17) is 5.73 Å². The number of hydrogen-bond acceptors (Lipinski definition) is 2. The van der Waals surface area contributed by atoms with Crippen LogP contribution in [0.3, 0.4) is 0 Å². The average Bonchev–Trinajstić information content (AvgIpc) is 2.66. The summed E-state index contributed by atoms with van der Waals surface area (Å²) >= 11 is 0. The first-order valence-electron chi connectivity index (χ1n) is 8.77. The lowest BCUT2D eigenvalue weighted by Gasteiger charge is -2.31. The van der Waals surface area contributed by atoms with Crippen molar-refractivity contribution < 1.29 is 0 Å². The molecule has 2 heteroatoms. The highest BCUT2D eigenvalue weighted by Gasteiger charge is 2.24. The Bertz CT molecular complexity index is 235. The van der Waals surface area contributed by atoms with Crippen molar-refractivity contribution in [2.75, 3.05) is 19.6 Å². The zero-order chi connectivity index (χ0) is 13.5. The molecule has 0 spiro atoms. The van der Waals surface area contributed by atoms with E-state index in [0.717, 1.165) is 18.4 Å². The summed E-state index contributed by atoms with van der Waals surface area (Å²) < 4.78 is 0. The molecule has 0 bridgehead atoms. The molecule has 2 nitrogen and oxygen atoms in total. The Morgan fingerprint density at radius 1 is 1.00 bits per heavy atom. The summed E-state index contributed by atoms with van der Waals surface area (Å²) in [6.45, 7) is 6.07. The van der Waals surface area contributed by atoms with Crippen molar-refractivity contribution in [1.29, 1.82) is 0 Å². The maximum atomic E-state index is 6.48. The summed E-state index contributed by atoms with van der Waals surface area (Å²) in [5.74, 6) is 1.80. The zero-order valence-electron chi connectivity index (χ0n) is 12.9. The third-order valence-corrected chi connectivity index (χ3v) is 5.36. The Kier molecular flexibility index (Phi) is 6.66. The van der Waals surface area contributed by atoms with Gasteiger partial charge in [0.25, 0.3) is 0 Å². The van der Waals surface area contributed by atoms with Gasteiger partial charge in [-0.2, -0.15) is 0 Å². The highest BCUT2D eigenvalue weighted by Crippen LogP contribution is 2.27. The molecule has 2 N–H and O–H groups in total. The van der Waals surface area contributed by atoms with Crippen molar-refractivity contribution in [2.45, 2.75) is 77.2 Å². The van der Waals surface area contributed by atoms with E-state index >= 15 is 0 Å². The van der Waals surface area contributed by atoms with Crippen molar-refractivity contribution >= 4 is 0 Å². The van der Waals surface area contributed by atoms with Crippen LogP contribution in [0.25, 0.3) is 0 Å². The lowest BCUT2D eigenvalue weighted by molar-refractivity contribution is 0.209. The predicted octanol–water partition coefficient (Wildman–Crippen LogP) is 3.80. The van der Waals surface area contributed by atoms with Crippen LogP contribution in [0.15, 0.2) is 0 Å². The van der Waals surface area contributed by atoms with E-state index < -0.39 is 0 Å². The van der Waals surface area contributed by atoms with E-state index in [-0.39, 0.29) is 0 Å². The van der Waals surface area contributed by atoms with Crippen molar-refractivity contribution in [3.8, 4) is 0 Å². The standard InChI is InChI=1S/C17H34N2/c1-2-7-15-8-6-12-19(13-11-15)14-17(18)16-9-4-3-5-10-16/h15-17H,2-14,18H2,1H3. The molecule has 0 aromatic heterocycles. The molecule has 0 radical (unpaired) electrons. The molecule has 0 amide bonds. The first kappa shape index (κ1) is 15.3. The van der Waals surface area contributed by atoms with Crippen molar-refractivity contribution in [2.24, 2.45) is 17.6 Å². The van der Waals surface area contributed by atoms with E-state index in [2.05, 4.69) is 11.8 Å².